The van der Waals surface area contributed by atoms with Gasteiger partial charge in [-0.05, 0) is 44.0 Å². The van der Waals surface area contributed by atoms with Crippen LogP contribution in [0.2, 0.25) is 0 Å². The number of nitrogens with zero attached hydrogens (tertiary/aromatic N) is 1. The van der Waals surface area contributed by atoms with E-state index < -0.39 is 5.97 Å². The Kier molecular flexibility index (Phi) is 6.26. The number of hydrogen-bond acceptors (Lipinski definition) is 3. The monoisotopic (exact) mass is 286 g/mol. The quantitative estimate of drug-likeness (QED) is 0.804. The van der Waals surface area contributed by atoms with Crippen LogP contribution in [0, 0.1) is 17.8 Å². The number of carbonyl (C=O) groups is 1. The van der Waals surface area contributed by atoms with Crippen LogP contribution in [-0.4, -0.2) is 48.7 Å². The topological polar surface area (TPSA) is 52.6 Å². The van der Waals surface area contributed by atoms with E-state index in [0.29, 0.717) is 5.92 Å². The zero-order valence-electron chi connectivity index (χ0n) is 12.2. The third-order valence-corrected chi connectivity index (χ3v) is 3.62. The molecule has 2 N–H and O–H groups in total. The Labute approximate surface area is 126 Å². The number of hydrogen-bond donors (Lipinski definition) is 2. The highest BCUT2D eigenvalue weighted by Gasteiger charge is 2.18. The van der Waals surface area contributed by atoms with Gasteiger partial charge in [-0.25, -0.2) is 0 Å². The summed E-state index contributed by atoms with van der Waals surface area (Å²) >= 11 is 0. The Balaban J connectivity index is 1.74. The molecule has 2 rings (SSSR count). The van der Waals surface area contributed by atoms with Crippen LogP contribution >= 0.6 is 0 Å². The smallest absolute Gasteiger partial charge is 0.317 e. The van der Waals surface area contributed by atoms with Gasteiger partial charge < -0.3 is 10.4 Å². The van der Waals surface area contributed by atoms with Crippen molar-refractivity contribution < 1.29 is 9.90 Å². The van der Waals surface area contributed by atoms with Gasteiger partial charge in [0.15, 0.2) is 0 Å². The minimum atomic E-state index is -0.795. The van der Waals surface area contributed by atoms with Crippen LogP contribution in [0.15, 0.2) is 30.3 Å². The Morgan fingerprint density at radius 3 is 2.95 bits per heavy atom. The molecule has 0 spiro atoms. The van der Waals surface area contributed by atoms with Gasteiger partial charge in [-0.15, -0.1) is 0 Å². The highest BCUT2D eigenvalue weighted by Crippen LogP contribution is 2.15. The SMILES string of the molecule is O=C(O)CNCC1CCCN(CC#Cc2ccccc2)C1. The average molecular weight is 286 g/mol. The molecule has 0 saturated carbocycles. The number of likely N-dealkylation sites (tertiary alicyclic amines) is 1. The molecule has 4 heteroatoms. The van der Waals surface area contributed by atoms with Crippen molar-refractivity contribution in [1.29, 1.82) is 0 Å². The van der Waals surface area contributed by atoms with Crippen LogP contribution in [0.4, 0.5) is 0 Å². The van der Waals surface area contributed by atoms with E-state index in [4.69, 9.17) is 5.11 Å². The predicted octanol–water partition coefficient (Wildman–Crippen LogP) is 1.42. The molecule has 1 aliphatic heterocycles. The molecule has 0 bridgehead atoms. The molecule has 0 radical (unpaired) electrons. The molecular formula is C17H22N2O2. The van der Waals surface area contributed by atoms with Crippen molar-refractivity contribution >= 4 is 5.97 Å². The second kappa shape index (κ2) is 8.46. The molecule has 0 aromatic heterocycles. The largest absolute Gasteiger partial charge is 0.480 e. The van der Waals surface area contributed by atoms with Crippen LogP contribution in [0.25, 0.3) is 0 Å². The first-order valence-electron chi connectivity index (χ1n) is 7.43. The van der Waals surface area contributed by atoms with Gasteiger partial charge >= 0.3 is 5.97 Å². The summed E-state index contributed by atoms with van der Waals surface area (Å²) in [5.41, 5.74) is 1.05. The summed E-state index contributed by atoms with van der Waals surface area (Å²) in [4.78, 5) is 12.8. The first kappa shape index (κ1) is 15.6. The van der Waals surface area contributed by atoms with E-state index in [1.165, 1.54) is 0 Å². The van der Waals surface area contributed by atoms with Crippen LogP contribution < -0.4 is 5.32 Å². The summed E-state index contributed by atoms with van der Waals surface area (Å²) < 4.78 is 0. The zero-order valence-corrected chi connectivity index (χ0v) is 12.2. The molecular weight excluding hydrogens is 264 g/mol. The molecule has 0 aliphatic carbocycles. The van der Waals surface area contributed by atoms with E-state index in [1.807, 2.05) is 30.3 Å². The molecule has 1 aliphatic rings. The average Bonchev–Trinajstić information content (AvgIpc) is 2.48. The molecule has 1 atom stereocenters. The van der Waals surface area contributed by atoms with Gasteiger partial charge in [0.05, 0.1) is 13.1 Å². The van der Waals surface area contributed by atoms with E-state index in [-0.39, 0.29) is 6.54 Å². The molecule has 21 heavy (non-hydrogen) atoms. The lowest BCUT2D eigenvalue weighted by Crippen LogP contribution is -2.40. The second-order valence-corrected chi connectivity index (χ2v) is 5.44. The number of carboxylic acid groups (broad SMARTS) is 1. The number of rotatable bonds is 5. The maximum absolute atomic E-state index is 10.5. The summed E-state index contributed by atoms with van der Waals surface area (Å²) in [6.07, 6.45) is 2.32. The van der Waals surface area contributed by atoms with Crippen LogP contribution in [0.5, 0.6) is 0 Å². The summed E-state index contributed by atoms with van der Waals surface area (Å²) in [5, 5.41) is 11.6. The highest BCUT2D eigenvalue weighted by atomic mass is 16.4. The summed E-state index contributed by atoms with van der Waals surface area (Å²) in [7, 11) is 0. The number of carboxylic acids is 1. The lowest BCUT2D eigenvalue weighted by atomic mass is 9.98. The minimum absolute atomic E-state index is 0.0459. The zero-order chi connectivity index (χ0) is 14.9. The molecule has 1 saturated heterocycles. The van der Waals surface area contributed by atoms with Gasteiger partial charge in [0.25, 0.3) is 0 Å². The maximum Gasteiger partial charge on any atom is 0.317 e. The van der Waals surface area contributed by atoms with E-state index in [9.17, 15) is 4.79 Å². The van der Waals surface area contributed by atoms with Crippen LogP contribution in [0.1, 0.15) is 18.4 Å². The van der Waals surface area contributed by atoms with Crippen molar-refractivity contribution in [2.75, 3.05) is 32.7 Å². The highest BCUT2D eigenvalue weighted by molar-refractivity contribution is 5.68. The van der Waals surface area contributed by atoms with Gasteiger partial charge in [-0.1, -0.05) is 30.0 Å². The van der Waals surface area contributed by atoms with E-state index in [1.54, 1.807) is 0 Å². The molecule has 1 aromatic carbocycles. The second-order valence-electron chi connectivity index (χ2n) is 5.44. The van der Waals surface area contributed by atoms with Gasteiger partial charge in [0, 0.05) is 12.1 Å². The molecule has 112 valence electrons. The van der Waals surface area contributed by atoms with Gasteiger partial charge in [-0.3, -0.25) is 9.69 Å². The van der Waals surface area contributed by atoms with Gasteiger partial charge in [0.2, 0.25) is 0 Å². The van der Waals surface area contributed by atoms with E-state index >= 15 is 0 Å². The Hall–Kier alpha value is -1.83. The fourth-order valence-corrected chi connectivity index (χ4v) is 2.62. The fourth-order valence-electron chi connectivity index (χ4n) is 2.62. The molecule has 1 heterocycles. The van der Waals surface area contributed by atoms with Crippen molar-refractivity contribution in [3.05, 3.63) is 35.9 Å². The van der Waals surface area contributed by atoms with Crippen LogP contribution in [-0.2, 0) is 4.79 Å². The predicted molar refractivity (Wildman–Crippen MR) is 83.0 cm³/mol. The third kappa shape index (κ3) is 5.99. The normalized spacial score (nSPS) is 18.8. The third-order valence-electron chi connectivity index (χ3n) is 3.62. The minimum Gasteiger partial charge on any atom is -0.480 e. The number of piperidine rings is 1. The fraction of sp³-hybridized carbons (Fsp3) is 0.471. The standard InChI is InChI=1S/C17H22N2O2/c20-17(21)13-18-12-16-9-5-11-19(14-16)10-4-8-15-6-2-1-3-7-15/h1-3,6-7,16,18H,5,9-14H2,(H,20,21). The number of aliphatic carboxylic acids is 1. The van der Waals surface area contributed by atoms with Crippen molar-refractivity contribution in [2.24, 2.45) is 5.92 Å². The van der Waals surface area contributed by atoms with Crippen molar-refractivity contribution in [2.45, 2.75) is 12.8 Å². The molecule has 1 unspecified atom stereocenters. The van der Waals surface area contributed by atoms with Crippen molar-refractivity contribution in [3.8, 4) is 11.8 Å². The van der Waals surface area contributed by atoms with Crippen LogP contribution in [0.3, 0.4) is 0 Å². The Morgan fingerprint density at radius 2 is 2.19 bits per heavy atom. The van der Waals surface area contributed by atoms with Gasteiger partial charge in [0.1, 0.15) is 0 Å². The Morgan fingerprint density at radius 1 is 1.38 bits per heavy atom. The van der Waals surface area contributed by atoms with Crippen molar-refractivity contribution in [1.82, 2.24) is 10.2 Å². The first-order valence-corrected chi connectivity index (χ1v) is 7.43. The van der Waals surface area contributed by atoms with E-state index in [0.717, 1.165) is 44.6 Å². The van der Waals surface area contributed by atoms with E-state index in [2.05, 4.69) is 22.1 Å². The Bertz CT molecular complexity index is 505. The number of benzene rings is 1. The molecule has 1 fully saturated rings. The van der Waals surface area contributed by atoms with Crippen molar-refractivity contribution in [3.63, 3.8) is 0 Å². The summed E-state index contributed by atoms with van der Waals surface area (Å²) in [5.74, 6) is 6.14. The molecule has 1 aromatic rings. The molecule has 4 nitrogen and oxygen atoms in total. The van der Waals surface area contributed by atoms with Gasteiger partial charge in [-0.2, -0.15) is 0 Å². The number of nitrogens with one attached hydrogen (secondary N) is 1. The first-order chi connectivity index (χ1) is 10.2. The maximum atomic E-state index is 10.5. The lowest BCUT2D eigenvalue weighted by Gasteiger charge is -2.31. The summed E-state index contributed by atoms with van der Waals surface area (Å²) in [6, 6.07) is 10.0. The molecule has 0 amide bonds. The summed E-state index contributed by atoms with van der Waals surface area (Å²) in [6.45, 7) is 3.68. The lowest BCUT2D eigenvalue weighted by molar-refractivity contribution is -0.136.